The Kier molecular flexibility index (Phi) is 4.75. The second-order valence-corrected chi connectivity index (χ2v) is 5.92. The van der Waals surface area contributed by atoms with Crippen molar-refractivity contribution in [2.45, 2.75) is 12.8 Å². The van der Waals surface area contributed by atoms with Crippen molar-refractivity contribution in [2.75, 3.05) is 18.0 Å². The first-order valence-electron chi connectivity index (χ1n) is 8.08. The zero-order valence-electron chi connectivity index (χ0n) is 13.4. The van der Waals surface area contributed by atoms with Crippen molar-refractivity contribution in [1.82, 2.24) is 0 Å². The van der Waals surface area contributed by atoms with Crippen molar-refractivity contribution < 1.29 is 9.59 Å². The number of fused-ring (bicyclic) bond motifs is 1. The lowest BCUT2D eigenvalue weighted by Crippen LogP contribution is -2.35. The van der Waals surface area contributed by atoms with Crippen molar-refractivity contribution in [1.29, 1.82) is 0 Å². The van der Waals surface area contributed by atoms with Crippen molar-refractivity contribution in [2.24, 2.45) is 5.73 Å². The molecule has 0 aliphatic carbocycles. The first kappa shape index (κ1) is 16.0. The summed E-state index contributed by atoms with van der Waals surface area (Å²) >= 11 is 0. The number of nitrogens with two attached hydrogens (primary N) is 1. The minimum Gasteiger partial charge on any atom is -0.370 e. The van der Waals surface area contributed by atoms with Crippen molar-refractivity contribution >= 4 is 23.5 Å². The fourth-order valence-electron chi connectivity index (χ4n) is 2.98. The Bertz CT molecular complexity index is 781. The largest absolute Gasteiger partial charge is 0.370 e. The maximum Gasteiger partial charge on any atom is 0.217 e. The normalized spacial score (nSPS) is 15.4. The van der Waals surface area contributed by atoms with Gasteiger partial charge in [0.15, 0.2) is 5.78 Å². The van der Waals surface area contributed by atoms with Gasteiger partial charge in [-0.15, -0.1) is 0 Å². The molecule has 4 heteroatoms. The van der Waals surface area contributed by atoms with E-state index in [0.29, 0.717) is 31.5 Å². The maximum absolute atomic E-state index is 12.8. The molecule has 3 rings (SSSR count). The van der Waals surface area contributed by atoms with Crippen LogP contribution < -0.4 is 10.6 Å². The van der Waals surface area contributed by atoms with Crippen LogP contribution in [0.3, 0.4) is 0 Å². The van der Waals surface area contributed by atoms with Gasteiger partial charge in [-0.25, -0.2) is 0 Å². The van der Waals surface area contributed by atoms with E-state index in [1.165, 1.54) is 0 Å². The van der Waals surface area contributed by atoms with Crippen LogP contribution >= 0.6 is 0 Å². The van der Waals surface area contributed by atoms with Gasteiger partial charge in [-0.2, -0.15) is 0 Å². The first-order chi connectivity index (χ1) is 11.6. The average molecular weight is 320 g/mol. The molecule has 0 atom stereocenters. The van der Waals surface area contributed by atoms with Crippen LogP contribution in [0.5, 0.6) is 0 Å². The standard InChI is InChI=1S/C20H20N2O2/c21-19(23)11-6-12-22-14-16(13-15-7-2-1-3-8-15)20(24)17-9-4-5-10-18(17)22/h1-5,7-10,13H,6,11-12,14H2,(H2,21,23)/b16-13+. The van der Waals surface area contributed by atoms with Crippen LogP contribution in [0.4, 0.5) is 5.69 Å². The molecule has 24 heavy (non-hydrogen) atoms. The summed E-state index contributed by atoms with van der Waals surface area (Å²) in [5, 5.41) is 0. The molecule has 0 radical (unpaired) electrons. The third-order valence-corrected chi connectivity index (χ3v) is 4.13. The molecule has 4 nitrogen and oxygen atoms in total. The number of anilines is 1. The molecule has 1 heterocycles. The molecule has 0 saturated carbocycles. The lowest BCUT2D eigenvalue weighted by Gasteiger charge is -2.32. The van der Waals surface area contributed by atoms with Crippen molar-refractivity contribution in [3.05, 3.63) is 71.3 Å². The number of primary amides is 1. The molecule has 1 amide bonds. The lowest BCUT2D eigenvalue weighted by atomic mass is 9.94. The molecule has 0 saturated heterocycles. The third-order valence-electron chi connectivity index (χ3n) is 4.13. The van der Waals surface area contributed by atoms with Gasteiger partial charge in [0.05, 0.1) is 0 Å². The highest BCUT2D eigenvalue weighted by atomic mass is 16.1. The van der Waals surface area contributed by atoms with Crippen molar-refractivity contribution in [3.8, 4) is 0 Å². The Hall–Kier alpha value is -2.88. The van der Waals surface area contributed by atoms with E-state index in [1.807, 2.05) is 60.7 Å². The number of hydrogen-bond acceptors (Lipinski definition) is 3. The molecule has 0 spiro atoms. The molecule has 1 aliphatic rings. The number of amides is 1. The Labute approximate surface area is 141 Å². The zero-order chi connectivity index (χ0) is 16.9. The number of para-hydroxylation sites is 1. The molecular weight excluding hydrogens is 300 g/mol. The predicted octanol–water partition coefficient (Wildman–Crippen LogP) is 3.04. The van der Waals surface area contributed by atoms with Crippen LogP contribution in [0.25, 0.3) is 6.08 Å². The van der Waals surface area contributed by atoms with Crippen LogP contribution in [0.2, 0.25) is 0 Å². The molecule has 2 aromatic carbocycles. The zero-order valence-corrected chi connectivity index (χ0v) is 13.4. The smallest absolute Gasteiger partial charge is 0.217 e. The van der Waals surface area contributed by atoms with E-state index in [9.17, 15) is 9.59 Å². The summed E-state index contributed by atoms with van der Waals surface area (Å²) in [6.07, 6.45) is 2.97. The summed E-state index contributed by atoms with van der Waals surface area (Å²) in [5.41, 5.74) is 8.65. The van der Waals surface area contributed by atoms with Gasteiger partial charge in [0.2, 0.25) is 5.91 Å². The van der Waals surface area contributed by atoms with Crippen LogP contribution in [0, 0.1) is 0 Å². The highest BCUT2D eigenvalue weighted by molar-refractivity contribution is 6.16. The van der Waals surface area contributed by atoms with E-state index in [2.05, 4.69) is 4.90 Å². The van der Waals surface area contributed by atoms with Gasteiger partial charge in [0.25, 0.3) is 0 Å². The summed E-state index contributed by atoms with van der Waals surface area (Å²) in [6.45, 7) is 1.24. The summed E-state index contributed by atoms with van der Waals surface area (Å²) < 4.78 is 0. The van der Waals surface area contributed by atoms with E-state index in [4.69, 9.17) is 5.73 Å². The monoisotopic (exact) mass is 320 g/mol. The van der Waals surface area contributed by atoms with Crippen LogP contribution in [-0.2, 0) is 4.79 Å². The number of Topliss-reactive ketones (excluding diaryl/α,β-unsaturated/α-hetero) is 1. The fraction of sp³-hybridized carbons (Fsp3) is 0.200. The van der Waals surface area contributed by atoms with Crippen molar-refractivity contribution in [3.63, 3.8) is 0 Å². The SMILES string of the molecule is NC(=O)CCCN1C/C(=C\c2ccccc2)C(=O)c2ccccc21. The Morgan fingerprint density at radius 3 is 2.54 bits per heavy atom. The number of rotatable bonds is 5. The van der Waals surface area contributed by atoms with Gasteiger partial charge in [0.1, 0.15) is 0 Å². The van der Waals surface area contributed by atoms with Crippen LogP contribution in [0.1, 0.15) is 28.8 Å². The Morgan fingerprint density at radius 2 is 1.79 bits per heavy atom. The molecule has 2 aromatic rings. The Balaban J connectivity index is 1.90. The molecule has 0 bridgehead atoms. The molecular formula is C20H20N2O2. The molecule has 0 unspecified atom stereocenters. The Morgan fingerprint density at radius 1 is 1.08 bits per heavy atom. The van der Waals surface area contributed by atoms with Gasteiger partial charge >= 0.3 is 0 Å². The highest BCUT2D eigenvalue weighted by Gasteiger charge is 2.26. The summed E-state index contributed by atoms with van der Waals surface area (Å²) in [4.78, 5) is 25.9. The topological polar surface area (TPSA) is 63.4 Å². The lowest BCUT2D eigenvalue weighted by molar-refractivity contribution is -0.118. The molecule has 0 aromatic heterocycles. The molecule has 122 valence electrons. The minimum absolute atomic E-state index is 0.0700. The summed E-state index contributed by atoms with van der Waals surface area (Å²) in [7, 11) is 0. The minimum atomic E-state index is -0.295. The number of ketones is 1. The fourth-order valence-corrected chi connectivity index (χ4v) is 2.98. The quantitative estimate of drug-likeness (QED) is 0.861. The van der Waals surface area contributed by atoms with E-state index in [0.717, 1.165) is 16.8 Å². The van der Waals surface area contributed by atoms with Gasteiger partial charge in [-0.05, 0) is 30.2 Å². The van der Waals surface area contributed by atoms with Gasteiger partial charge in [-0.1, -0.05) is 42.5 Å². The second kappa shape index (κ2) is 7.13. The summed E-state index contributed by atoms with van der Waals surface area (Å²) in [5.74, 6) is -0.225. The third kappa shape index (κ3) is 3.54. The number of hydrogen-bond donors (Lipinski definition) is 1. The van der Waals surface area contributed by atoms with Crippen LogP contribution in [0.15, 0.2) is 60.2 Å². The van der Waals surface area contributed by atoms with Gasteiger partial charge in [0, 0.05) is 36.3 Å². The van der Waals surface area contributed by atoms with E-state index >= 15 is 0 Å². The first-order valence-corrected chi connectivity index (χ1v) is 8.08. The maximum atomic E-state index is 12.8. The number of carbonyl (C=O) groups excluding carboxylic acids is 2. The summed E-state index contributed by atoms with van der Waals surface area (Å²) in [6, 6.07) is 17.5. The van der Waals surface area contributed by atoms with E-state index in [1.54, 1.807) is 0 Å². The van der Waals surface area contributed by atoms with Gasteiger partial charge in [-0.3, -0.25) is 9.59 Å². The molecule has 2 N–H and O–H groups in total. The van der Waals surface area contributed by atoms with Gasteiger partial charge < -0.3 is 10.6 Å². The number of benzene rings is 2. The van der Waals surface area contributed by atoms with E-state index < -0.39 is 0 Å². The average Bonchev–Trinajstić information content (AvgIpc) is 2.59. The van der Waals surface area contributed by atoms with E-state index in [-0.39, 0.29) is 11.7 Å². The second-order valence-electron chi connectivity index (χ2n) is 5.92. The molecule has 0 fully saturated rings. The number of carbonyl (C=O) groups is 2. The predicted molar refractivity (Wildman–Crippen MR) is 95.8 cm³/mol. The number of nitrogens with zero attached hydrogens (tertiary/aromatic N) is 1. The highest BCUT2D eigenvalue weighted by Crippen LogP contribution is 2.30. The van der Waals surface area contributed by atoms with Crippen LogP contribution in [-0.4, -0.2) is 24.8 Å². The molecule has 1 aliphatic heterocycles.